The first-order chi connectivity index (χ1) is 6.27. The van der Waals surface area contributed by atoms with E-state index >= 15 is 0 Å². The van der Waals surface area contributed by atoms with E-state index < -0.39 is 0 Å². The molecule has 1 aliphatic rings. The summed E-state index contributed by atoms with van der Waals surface area (Å²) in [7, 11) is 0.167. The fraction of sp³-hybridized carbons (Fsp3) is 0.400. The monoisotopic (exact) mass is 175 g/mol. The van der Waals surface area contributed by atoms with Gasteiger partial charge in [-0.15, -0.1) is 0 Å². The molecule has 68 valence electrons. The summed E-state index contributed by atoms with van der Waals surface area (Å²) in [6, 6.07) is 10.8. The fourth-order valence-corrected chi connectivity index (χ4v) is 1.86. The van der Waals surface area contributed by atoms with E-state index in [-0.39, 0.29) is 13.2 Å². The topological polar surface area (TPSA) is 21.3 Å². The van der Waals surface area contributed by atoms with Gasteiger partial charge in [-0.2, -0.15) is 0 Å². The van der Waals surface area contributed by atoms with Crippen LogP contribution in [0.15, 0.2) is 30.3 Å². The summed E-state index contributed by atoms with van der Waals surface area (Å²) in [4.78, 5) is 0. The molecule has 3 heteroatoms. The number of hydrogen-bond donors (Lipinski definition) is 1. The zero-order valence-electron chi connectivity index (χ0n) is 8.03. The van der Waals surface area contributed by atoms with Crippen molar-refractivity contribution in [3.63, 3.8) is 0 Å². The second-order valence-corrected chi connectivity index (χ2v) is 3.54. The standard InChI is InChI=1S/C10H14BNO/c1-8-10(12-11(2)13-8)9-6-4-3-5-7-9/h3-8,10,12H,1-2H3/t8-,10?/m0/s1. The molecule has 1 heterocycles. The van der Waals surface area contributed by atoms with Crippen LogP contribution in [0.3, 0.4) is 0 Å². The highest BCUT2D eigenvalue weighted by Gasteiger charge is 2.31. The lowest BCUT2D eigenvalue weighted by Gasteiger charge is -2.14. The molecule has 1 unspecified atom stereocenters. The molecular formula is C10H14BNO. The molecule has 0 radical (unpaired) electrons. The van der Waals surface area contributed by atoms with Crippen molar-refractivity contribution in [2.75, 3.05) is 0 Å². The Balaban J connectivity index is 2.18. The smallest absolute Gasteiger partial charge is 0.377 e. The quantitative estimate of drug-likeness (QED) is 0.657. The molecule has 13 heavy (non-hydrogen) atoms. The van der Waals surface area contributed by atoms with Gasteiger partial charge in [0, 0.05) is 6.04 Å². The maximum Gasteiger partial charge on any atom is 0.377 e. The van der Waals surface area contributed by atoms with Crippen LogP contribution in [0.25, 0.3) is 0 Å². The summed E-state index contributed by atoms with van der Waals surface area (Å²) in [5.41, 5.74) is 1.30. The molecule has 1 N–H and O–H groups in total. The summed E-state index contributed by atoms with van der Waals surface area (Å²) in [6.07, 6.45) is 0.261. The summed E-state index contributed by atoms with van der Waals surface area (Å²) in [5.74, 6) is 0. The largest absolute Gasteiger partial charge is 0.417 e. The van der Waals surface area contributed by atoms with Crippen LogP contribution in [0.1, 0.15) is 18.5 Å². The van der Waals surface area contributed by atoms with E-state index in [1.54, 1.807) is 0 Å². The lowest BCUT2D eigenvalue weighted by molar-refractivity contribution is 0.233. The SMILES string of the molecule is CB1NC(c2ccccc2)[C@H](C)O1. The van der Waals surface area contributed by atoms with Crippen LogP contribution in [-0.2, 0) is 4.65 Å². The Morgan fingerprint density at radius 2 is 2.00 bits per heavy atom. The normalized spacial score (nSPS) is 28.0. The Morgan fingerprint density at radius 1 is 1.31 bits per heavy atom. The molecule has 1 aliphatic heterocycles. The lowest BCUT2D eigenvalue weighted by atomic mass is 9.88. The maximum atomic E-state index is 5.62. The van der Waals surface area contributed by atoms with Gasteiger partial charge in [-0.3, -0.25) is 0 Å². The van der Waals surface area contributed by atoms with Crippen LogP contribution in [0.4, 0.5) is 0 Å². The van der Waals surface area contributed by atoms with Crippen molar-refractivity contribution in [3.8, 4) is 0 Å². The Morgan fingerprint density at radius 3 is 2.54 bits per heavy atom. The third kappa shape index (κ3) is 1.76. The van der Waals surface area contributed by atoms with Gasteiger partial charge in [0.25, 0.3) is 0 Å². The first-order valence-corrected chi connectivity index (χ1v) is 4.74. The van der Waals surface area contributed by atoms with Crippen molar-refractivity contribution < 1.29 is 4.65 Å². The fourth-order valence-electron chi connectivity index (χ4n) is 1.86. The van der Waals surface area contributed by atoms with Crippen LogP contribution in [-0.4, -0.2) is 13.2 Å². The maximum absolute atomic E-state index is 5.62. The van der Waals surface area contributed by atoms with Gasteiger partial charge in [0.2, 0.25) is 0 Å². The molecule has 2 atom stereocenters. The molecule has 1 aromatic carbocycles. The number of benzene rings is 1. The minimum absolute atomic E-state index is 0.167. The molecule has 0 aromatic heterocycles. The van der Waals surface area contributed by atoms with Crippen LogP contribution in [0.2, 0.25) is 6.82 Å². The van der Waals surface area contributed by atoms with Gasteiger partial charge < -0.3 is 9.88 Å². The third-order valence-electron chi connectivity index (χ3n) is 2.46. The zero-order valence-corrected chi connectivity index (χ0v) is 8.03. The summed E-state index contributed by atoms with van der Waals surface area (Å²) in [6.45, 7) is 4.15. The van der Waals surface area contributed by atoms with Gasteiger partial charge >= 0.3 is 7.05 Å². The number of rotatable bonds is 1. The van der Waals surface area contributed by atoms with Gasteiger partial charge in [-0.1, -0.05) is 30.3 Å². The Labute approximate surface area is 79.4 Å². The second-order valence-electron chi connectivity index (χ2n) is 3.54. The van der Waals surface area contributed by atoms with E-state index in [2.05, 4.69) is 36.4 Å². The Hall–Kier alpha value is -0.795. The van der Waals surface area contributed by atoms with Crippen molar-refractivity contribution in [2.24, 2.45) is 0 Å². The number of hydrogen-bond acceptors (Lipinski definition) is 2. The van der Waals surface area contributed by atoms with Gasteiger partial charge in [-0.25, -0.2) is 0 Å². The van der Waals surface area contributed by atoms with Crippen LogP contribution < -0.4 is 5.23 Å². The van der Waals surface area contributed by atoms with E-state index in [9.17, 15) is 0 Å². The Bertz CT molecular complexity index is 278. The van der Waals surface area contributed by atoms with Crippen LogP contribution >= 0.6 is 0 Å². The third-order valence-corrected chi connectivity index (χ3v) is 2.46. The second kappa shape index (κ2) is 3.52. The van der Waals surface area contributed by atoms with Crippen molar-refractivity contribution in [1.29, 1.82) is 0 Å². The number of nitrogens with one attached hydrogen (secondary N) is 1. The molecule has 0 saturated carbocycles. The van der Waals surface area contributed by atoms with Crippen molar-refractivity contribution in [1.82, 2.24) is 5.23 Å². The molecule has 1 saturated heterocycles. The van der Waals surface area contributed by atoms with E-state index in [4.69, 9.17) is 4.65 Å². The minimum atomic E-state index is 0.167. The van der Waals surface area contributed by atoms with Crippen molar-refractivity contribution >= 4 is 7.05 Å². The average molecular weight is 175 g/mol. The van der Waals surface area contributed by atoms with Gasteiger partial charge in [-0.05, 0) is 19.3 Å². The zero-order chi connectivity index (χ0) is 9.26. The molecule has 0 bridgehead atoms. The molecule has 0 aliphatic carbocycles. The summed E-state index contributed by atoms with van der Waals surface area (Å²) in [5, 5.41) is 3.40. The molecule has 2 nitrogen and oxygen atoms in total. The molecule has 0 spiro atoms. The highest BCUT2D eigenvalue weighted by Crippen LogP contribution is 2.24. The molecular weight excluding hydrogens is 161 g/mol. The van der Waals surface area contributed by atoms with Crippen LogP contribution in [0, 0.1) is 0 Å². The van der Waals surface area contributed by atoms with Crippen molar-refractivity contribution in [2.45, 2.75) is 25.9 Å². The van der Waals surface area contributed by atoms with Gasteiger partial charge in [0.1, 0.15) is 0 Å². The van der Waals surface area contributed by atoms with Crippen molar-refractivity contribution in [3.05, 3.63) is 35.9 Å². The highest BCUT2D eigenvalue weighted by molar-refractivity contribution is 6.48. The van der Waals surface area contributed by atoms with Gasteiger partial charge in [0.15, 0.2) is 0 Å². The first-order valence-electron chi connectivity index (χ1n) is 4.74. The Kier molecular flexibility index (Phi) is 2.38. The average Bonchev–Trinajstić information content (AvgIpc) is 2.47. The van der Waals surface area contributed by atoms with Crippen LogP contribution in [0.5, 0.6) is 0 Å². The summed E-state index contributed by atoms with van der Waals surface area (Å²) < 4.78 is 5.62. The minimum Gasteiger partial charge on any atom is -0.417 e. The van der Waals surface area contributed by atoms with Gasteiger partial charge in [0.05, 0.1) is 6.10 Å². The first kappa shape index (κ1) is 8.79. The predicted molar refractivity (Wildman–Crippen MR) is 54.5 cm³/mol. The molecule has 0 amide bonds. The molecule has 1 fully saturated rings. The summed E-state index contributed by atoms with van der Waals surface area (Å²) >= 11 is 0. The molecule has 2 rings (SSSR count). The van der Waals surface area contributed by atoms with E-state index in [0.29, 0.717) is 6.04 Å². The lowest BCUT2D eigenvalue weighted by Crippen LogP contribution is -2.26. The predicted octanol–water partition coefficient (Wildman–Crippen LogP) is 1.85. The van der Waals surface area contributed by atoms with E-state index in [1.165, 1.54) is 5.56 Å². The van der Waals surface area contributed by atoms with E-state index in [0.717, 1.165) is 0 Å². The highest BCUT2D eigenvalue weighted by atomic mass is 16.5. The molecule has 1 aromatic rings. The van der Waals surface area contributed by atoms with E-state index in [1.807, 2.05) is 12.9 Å².